The van der Waals surface area contributed by atoms with E-state index in [1.807, 2.05) is 24.3 Å². The number of ether oxygens (including phenoxy) is 1. The number of nitrogens with zero attached hydrogens (tertiary/aromatic N) is 1. The maximum absolute atomic E-state index is 12.2. The number of carbonyl (C=O) groups is 3. The van der Waals surface area contributed by atoms with E-state index in [-0.39, 0.29) is 17.2 Å². The van der Waals surface area contributed by atoms with Gasteiger partial charge in [-0.3, -0.25) is 9.59 Å². The number of phenolic OH excluding ortho intramolecular Hbond substituents is 1. The van der Waals surface area contributed by atoms with Crippen LogP contribution in [0.25, 0.3) is 10.8 Å². The molecule has 2 amide bonds. The van der Waals surface area contributed by atoms with Gasteiger partial charge in [0.2, 0.25) is 0 Å². The lowest BCUT2D eigenvalue weighted by Crippen LogP contribution is -2.22. The maximum atomic E-state index is 12.2. The molecule has 0 aliphatic rings. The van der Waals surface area contributed by atoms with Crippen LogP contribution in [0.2, 0.25) is 0 Å². The number of carbonyl (C=O) groups excluding carboxylic acids is 3. The van der Waals surface area contributed by atoms with E-state index in [2.05, 4.69) is 5.32 Å². The molecule has 2 N–H and O–H groups in total. The van der Waals surface area contributed by atoms with Gasteiger partial charge in [0.25, 0.3) is 11.8 Å². The van der Waals surface area contributed by atoms with E-state index in [1.165, 1.54) is 17.0 Å². The molecule has 0 radical (unpaired) electrons. The van der Waals surface area contributed by atoms with Crippen LogP contribution < -0.4 is 5.32 Å². The van der Waals surface area contributed by atoms with E-state index < -0.39 is 18.5 Å². The molecule has 148 valence electrons. The summed E-state index contributed by atoms with van der Waals surface area (Å²) in [6.07, 6.45) is 0. The third kappa shape index (κ3) is 4.70. The Labute approximate surface area is 167 Å². The van der Waals surface area contributed by atoms with Crippen molar-refractivity contribution in [2.45, 2.75) is 0 Å². The summed E-state index contributed by atoms with van der Waals surface area (Å²) < 4.78 is 5.01. The van der Waals surface area contributed by atoms with E-state index in [1.54, 1.807) is 38.4 Å². The molecule has 0 aliphatic carbocycles. The second-order valence-electron chi connectivity index (χ2n) is 6.62. The van der Waals surface area contributed by atoms with Crippen molar-refractivity contribution >= 4 is 34.2 Å². The number of nitrogens with one attached hydrogen (secondary N) is 1. The number of fused-ring (bicyclic) bond motifs is 1. The van der Waals surface area contributed by atoms with Gasteiger partial charge in [-0.15, -0.1) is 0 Å². The van der Waals surface area contributed by atoms with Gasteiger partial charge in [-0.1, -0.05) is 24.3 Å². The van der Waals surface area contributed by atoms with Crippen LogP contribution >= 0.6 is 0 Å². The first-order valence-electron chi connectivity index (χ1n) is 8.85. The first kappa shape index (κ1) is 19.9. The lowest BCUT2D eigenvalue weighted by atomic mass is 10.1. The molecule has 0 saturated carbocycles. The summed E-state index contributed by atoms with van der Waals surface area (Å²) in [5.74, 6) is -1.69. The van der Waals surface area contributed by atoms with E-state index in [9.17, 15) is 19.5 Å². The Kier molecular flexibility index (Phi) is 5.78. The predicted molar refractivity (Wildman–Crippen MR) is 109 cm³/mol. The number of phenols is 1. The number of anilines is 1. The lowest BCUT2D eigenvalue weighted by molar-refractivity contribution is -0.119. The molecular formula is C22H20N2O5. The fourth-order valence-corrected chi connectivity index (χ4v) is 2.75. The van der Waals surface area contributed by atoms with Crippen molar-refractivity contribution in [2.75, 3.05) is 26.0 Å². The third-order valence-corrected chi connectivity index (χ3v) is 4.24. The Bertz CT molecular complexity index is 1070. The van der Waals surface area contributed by atoms with Gasteiger partial charge in [-0.25, -0.2) is 4.79 Å². The summed E-state index contributed by atoms with van der Waals surface area (Å²) in [5, 5.41) is 14.2. The molecule has 0 aromatic heterocycles. The number of benzene rings is 3. The van der Waals surface area contributed by atoms with E-state index in [4.69, 9.17) is 4.74 Å². The topological polar surface area (TPSA) is 95.9 Å². The van der Waals surface area contributed by atoms with Gasteiger partial charge >= 0.3 is 5.97 Å². The van der Waals surface area contributed by atoms with Gasteiger partial charge in [0, 0.05) is 25.3 Å². The number of hydrogen-bond donors (Lipinski definition) is 2. The van der Waals surface area contributed by atoms with Crippen LogP contribution in [0.4, 0.5) is 5.69 Å². The van der Waals surface area contributed by atoms with Crippen LogP contribution in [-0.2, 0) is 9.53 Å². The zero-order valence-corrected chi connectivity index (χ0v) is 16.0. The van der Waals surface area contributed by atoms with Gasteiger partial charge in [0.05, 0.1) is 0 Å². The van der Waals surface area contributed by atoms with E-state index >= 15 is 0 Å². The standard InChI is InChI=1S/C22H20N2O5/c1-24(2)21(27)14-7-9-17(10-8-14)23-20(26)13-29-22(28)18-11-15-5-3-4-6-16(15)12-19(18)25/h3-12,25H,13H2,1-2H3,(H,23,26). The number of esters is 1. The fourth-order valence-electron chi connectivity index (χ4n) is 2.75. The second-order valence-corrected chi connectivity index (χ2v) is 6.62. The first-order chi connectivity index (χ1) is 13.8. The summed E-state index contributed by atoms with van der Waals surface area (Å²) in [4.78, 5) is 37.6. The van der Waals surface area contributed by atoms with Gasteiger partial charge in [-0.05, 0) is 47.2 Å². The Morgan fingerprint density at radius 1 is 0.966 bits per heavy atom. The molecule has 0 fully saturated rings. The Morgan fingerprint density at radius 3 is 2.21 bits per heavy atom. The van der Waals surface area contributed by atoms with Crippen LogP contribution in [0.3, 0.4) is 0 Å². The van der Waals surface area contributed by atoms with Crippen molar-refractivity contribution in [3.63, 3.8) is 0 Å². The van der Waals surface area contributed by atoms with Crippen molar-refractivity contribution in [1.29, 1.82) is 0 Å². The molecule has 3 aromatic rings. The third-order valence-electron chi connectivity index (χ3n) is 4.24. The Morgan fingerprint density at radius 2 is 1.59 bits per heavy atom. The van der Waals surface area contributed by atoms with E-state index in [0.717, 1.165) is 10.8 Å². The molecule has 7 nitrogen and oxygen atoms in total. The van der Waals surface area contributed by atoms with Gasteiger partial charge in [0.15, 0.2) is 6.61 Å². The zero-order valence-electron chi connectivity index (χ0n) is 16.0. The monoisotopic (exact) mass is 392 g/mol. The van der Waals surface area contributed by atoms with Crippen LogP contribution in [0.5, 0.6) is 5.75 Å². The maximum Gasteiger partial charge on any atom is 0.342 e. The van der Waals surface area contributed by atoms with Gasteiger partial charge in [0.1, 0.15) is 11.3 Å². The van der Waals surface area contributed by atoms with Crippen molar-refractivity contribution < 1.29 is 24.2 Å². The first-order valence-corrected chi connectivity index (χ1v) is 8.85. The SMILES string of the molecule is CN(C)C(=O)c1ccc(NC(=O)COC(=O)c2cc3ccccc3cc2O)cc1. The molecule has 29 heavy (non-hydrogen) atoms. The van der Waals surface area contributed by atoms with Crippen molar-refractivity contribution in [3.05, 3.63) is 71.8 Å². The van der Waals surface area contributed by atoms with Crippen molar-refractivity contribution in [1.82, 2.24) is 4.90 Å². The number of rotatable bonds is 5. The minimum Gasteiger partial charge on any atom is -0.507 e. The lowest BCUT2D eigenvalue weighted by Gasteiger charge is -2.11. The molecule has 7 heteroatoms. The highest BCUT2D eigenvalue weighted by atomic mass is 16.5. The summed E-state index contributed by atoms with van der Waals surface area (Å²) in [5.41, 5.74) is 0.948. The summed E-state index contributed by atoms with van der Waals surface area (Å²) in [7, 11) is 3.30. The molecule has 0 bridgehead atoms. The summed E-state index contributed by atoms with van der Waals surface area (Å²) >= 11 is 0. The molecule has 0 aliphatic heterocycles. The molecular weight excluding hydrogens is 372 g/mol. The van der Waals surface area contributed by atoms with Crippen LogP contribution in [-0.4, -0.2) is 48.5 Å². The van der Waals surface area contributed by atoms with Crippen LogP contribution in [0.1, 0.15) is 20.7 Å². The molecule has 0 unspecified atom stereocenters. The van der Waals surface area contributed by atoms with Gasteiger partial charge in [-0.2, -0.15) is 0 Å². The van der Waals surface area contributed by atoms with Crippen molar-refractivity contribution in [3.8, 4) is 5.75 Å². The minimum absolute atomic E-state index is 0.0111. The normalized spacial score (nSPS) is 10.4. The number of aromatic hydroxyl groups is 1. The smallest absolute Gasteiger partial charge is 0.342 e. The average molecular weight is 392 g/mol. The highest BCUT2D eigenvalue weighted by molar-refractivity contribution is 6.00. The zero-order chi connectivity index (χ0) is 21.0. The molecule has 0 heterocycles. The second kappa shape index (κ2) is 8.43. The summed E-state index contributed by atoms with van der Waals surface area (Å²) in [6, 6.07) is 16.6. The molecule has 3 rings (SSSR count). The Hall–Kier alpha value is -3.87. The van der Waals surface area contributed by atoms with Crippen molar-refractivity contribution in [2.24, 2.45) is 0 Å². The number of amides is 2. The van der Waals surface area contributed by atoms with Gasteiger partial charge < -0.3 is 20.1 Å². The average Bonchev–Trinajstić information content (AvgIpc) is 2.71. The molecule has 3 aromatic carbocycles. The van der Waals surface area contributed by atoms with Crippen LogP contribution in [0, 0.1) is 0 Å². The van der Waals surface area contributed by atoms with Crippen LogP contribution in [0.15, 0.2) is 60.7 Å². The summed E-state index contributed by atoms with van der Waals surface area (Å²) in [6.45, 7) is -0.510. The fraction of sp³-hybridized carbons (Fsp3) is 0.136. The number of hydrogen-bond acceptors (Lipinski definition) is 5. The quantitative estimate of drug-likeness (QED) is 0.651. The largest absolute Gasteiger partial charge is 0.507 e. The molecule has 0 saturated heterocycles. The van der Waals surface area contributed by atoms with E-state index in [0.29, 0.717) is 11.3 Å². The minimum atomic E-state index is -0.796. The highest BCUT2D eigenvalue weighted by Crippen LogP contribution is 2.25. The predicted octanol–water partition coefficient (Wildman–Crippen LogP) is 3.04. The highest BCUT2D eigenvalue weighted by Gasteiger charge is 2.16. The molecule has 0 atom stereocenters. The molecule has 0 spiro atoms. The Balaban J connectivity index is 1.60.